The Labute approximate surface area is 119 Å². The highest BCUT2D eigenvalue weighted by molar-refractivity contribution is 5.31. The summed E-state index contributed by atoms with van der Waals surface area (Å²) in [4.78, 5) is 0. The highest BCUT2D eigenvalue weighted by Crippen LogP contribution is 2.17. The Kier molecular flexibility index (Phi) is 8.68. The normalized spacial score (nSPS) is 9.30. The van der Waals surface area contributed by atoms with Crippen LogP contribution < -0.4 is 9.47 Å². The molecule has 0 bridgehead atoms. The van der Waals surface area contributed by atoms with Gasteiger partial charge < -0.3 is 19.7 Å². The SMILES string of the molecule is OCCOc1ccc(OCCO)cc1.c1ccccc1. The molecule has 0 unspecified atom stereocenters. The van der Waals surface area contributed by atoms with Crippen molar-refractivity contribution < 1.29 is 19.7 Å². The van der Waals surface area contributed by atoms with E-state index in [1.165, 1.54) is 0 Å². The zero-order valence-corrected chi connectivity index (χ0v) is 11.3. The third-order valence-electron chi connectivity index (χ3n) is 2.21. The van der Waals surface area contributed by atoms with Gasteiger partial charge in [-0.15, -0.1) is 0 Å². The maximum absolute atomic E-state index is 8.52. The first kappa shape index (κ1) is 16.0. The molecule has 2 aromatic rings. The van der Waals surface area contributed by atoms with Crippen molar-refractivity contribution in [3.63, 3.8) is 0 Å². The van der Waals surface area contributed by atoms with Crippen molar-refractivity contribution in [2.24, 2.45) is 0 Å². The smallest absolute Gasteiger partial charge is 0.119 e. The lowest BCUT2D eigenvalue weighted by Gasteiger charge is -2.06. The van der Waals surface area contributed by atoms with E-state index in [1.54, 1.807) is 24.3 Å². The quantitative estimate of drug-likeness (QED) is 0.848. The largest absolute Gasteiger partial charge is 0.491 e. The van der Waals surface area contributed by atoms with E-state index in [9.17, 15) is 0 Å². The van der Waals surface area contributed by atoms with E-state index >= 15 is 0 Å². The summed E-state index contributed by atoms with van der Waals surface area (Å²) in [7, 11) is 0. The molecule has 0 radical (unpaired) electrons. The Morgan fingerprint density at radius 2 is 0.900 bits per heavy atom. The molecular weight excluding hydrogens is 256 g/mol. The molecule has 0 aliphatic carbocycles. The van der Waals surface area contributed by atoms with Gasteiger partial charge in [0.2, 0.25) is 0 Å². The fourth-order valence-electron chi connectivity index (χ4n) is 1.34. The minimum atomic E-state index is 0.00274. The summed E-state index contributed by atoms with van der Waals surface area (Å²) in [5.74, 6) is 1.38. The number of ether oxygens (including phenoxy) is 2. The second-order valence-corrected chi connectivity index (χ2v) is 3.77. The number of hydrogen-bond donors (Lipinski definition) is 2. The first-order valence-electron chi connectivity index (χ1n) is 6.44. The molecule has 0 atom stereocenters. The molecule has 4 heteroatoms. The van der Waals surface area contributed by atoms with Crippen LogP contribution in [-0.4, -0.2) is 36.6 Å². The average molecular weight is 276 g/mol. The van der Waals surface area contributed by atoms with E-state index in [1.807, 2.05) is 36.4 Å². The first-order chi connectivity index (χ1) is 9.86. The highest BCUT2D eigenvalue weighted by atomic mass is 16.5. The molecule has 0 fully saturated rings. The van der Waals surface area contributed by atoms with Crippen LogP contribution in [0.1, 0.15) is 0 Å². The molecule has 2 aromatic carbocycles. The molecule has 20 heavy (non-hydrogen) atoms. The molecule has 4 nitrogen and oxygen atoms in total. The van der Waals surface area contributed by atoms with Gasteiger partial charge in [0.1, 0.15) is 24.7 Å². The lowest BCUT2D eigenvalue weighted by molar-refractivity contribution is 0.198. The summed E-state index contributed by atoms with van der Waals surface area (Å²) in [6, 6.07) is 19.0. The molecule has 0 aromatic heterocycles. The number of hydrogen-bond acceptors (Lipinski definition) is 4. The van der Waals surface area contributed by atoms with E-state index in [2.05, 4.69) is 0 Å². The molecule has 0 saturated carbocycles. The molecular formula is C16H20O4. The van der Waals surface area contributed by atoms with Crippen molar-refractivity contribution in [2.45, 2.75) is 0 Å². The summed E-state index contributed by atoms with van der Waals surface area (Å²) < 4.78 is 10.3. The molecule has 0 spiro atoms. The van der Waals surface area contributed by atoms with Crippen LogP contribution in [0.25, 0.3) is 0 Å². The minimum Gasteiger partial charge on any atom is -0.491 e. The van der Waals surface area contributed by atoms with E-state index in [-0.39, 0.29) is 26.4 Å². The third kappa shape index (κ3) is 7.41. The van der Waals surface area contributed by atoms with Crippen LogP contribution >= 0.6 is 0 Å². The van der Waals surface area contributed by atoms with Gasteiger partial charge in [0.25, 0.3) is 0 Å². The van der Waals surface area contributed by atoms with Gasteiger partial charge in [-0.1, -0.05) is 36.4 Å². The second-order valence-electron chi connectivity index (χ2n) is 3.77. The van der Waals surface area contributed by atoms with Gasteiger partial charge in [0.05, 0.1) is 13.2 Å². The van der Waals surface area contributed by atoms with Crippen LogP contribution in [0, 0.1) is 0 Å². The predicted molar refractivity (Wildman–Crippen MR) is 78.0 cm³/mol. The number of benzene rings is 2. The van der Waals surface area contributed by atoms with Gasteiger partial charge in [0.15, 0.2) is 0 Å². The monoisotopic (exact) mass is 276 g/mol. The van der Waals surface area contributed by atoms with Crippen molar-refractivity contribution in [2.75, 3.05) is 26.4 Å². The van der Waals surface area contributed by atoms with Crippen molar-refractivity contribution in [3.8, 4) is 11.5 Å². The molecule has 0 aliphatic rings. The molecule has 0 amide bonds. The van der Waals surface area contributed by atoms with Gasteiger partial charge in [-0.25, -0.2) is 0 Å². The standard InChI is InChI=1S/C10H14O4.C6H6/c11-5-7-13-9-1-2-10(4-3-9)14-8-6-12;1-2-4-6-5-3-1/h1-4,11-12H,5-8H2;1-6H. The first-order valence-corrected chi connectivity index (χ1v) is 6.44. The Hall–Kier alpha value is -2.04. The van der Waals surface area contributed by atoms with Crippen molar-refractivity contribution >= 4 is 0 Å². The number of aliphatic hydroxyl groups excluding tert-OH is 2. The van der Waals surface area contributed by atoms with E-state index < -0.39 is 0 Å². The maximum atomic E-state index is 8.52. The summed E-state index contributed by atoms with van der Waals surface area (Å²) in [6.07, 6.45) is 0. The van der Waals surface area contributed by atoms with Gasteiger partial charge in [0, 0.05) is 0 Å². The lowest BCUT2D eigenvalue weighted by atomic mass is 10.3. The Morgan fingerprint density at radius 1 is 0.600 bits per heavy atom. The summed E-state index contributed by atoms with van der Waals surface area (Å²) >= 11 is 0. The van der Waals surface area contributed by atoms with Crippen LogP contribution in [-0.2, 0) is 0 Å². The van der Waals surface area contributed by atoms with Crippen LogP contribution in [0.3, 0.4) is 0 Å². The van der Waals surface area contributed by atoms with E-state index in [4.69, 9.17) is 19.7 Å². The molecule has 0 saturated heterocycles. The zero-order valence-electron chi connectivity index (χ0n) is 11.3. The van der Waals surface area contributed by atoms with Crippen molar-refractivity contribution in [3.05, 3.63) is 60.7 Å². The number of rotatable bonds is 6. The van der Waals surface area contributed by atoms with Crippen LogP contribution in [0.15, 0.2) is 60.7 Å². The van der Waals surface area contributed by atoms with Crippen LogP contribution in [0.5, 0.6) is 11.5 Å². The molecule has 0 heterocycles. The predicted octanol–water partition coefficient (Wildman–Crippen LogP) is 2.12. The average Bonchev–Trinajstić information content (AvgIpc) is 2.54. The fourth-order valence-corrected chi connectivity index (χ4v) is 1.34. The van der Waals surface area contributed by atoms with Gasteiger partial charge in [-0.3, -0.25) is 0 Å². The van der Waals surface area contributed by atoms with Crippen molar-refractivity contribution in [1.29, 1.82) is 0 Å². The number of aliphatic hydroxyl groups is 2. The lowest BCUT2D eigenvalue weighted by Crippen LogP contribution is -2.03. The van der Waals surface area contributed by atoms with Crippen LogP contribution in [0.4, 0.5) is 0 Å². The fraction of sp³-hybridized carbons (Fsp3) is 0.250. The Balaban J connectivity index is 0.000000276. The summed E-state index contributed by atoms with van der Waals surface area (Å²) in [5.41, 5.74) is 0. The molecule has 2 N–H and O–H groups in total. The van der Waals surface area contributed by atoms with Crippen molar-refractivity contribution in [1.82, 2.24) is 0 Å². The zero-order chi connectivity index (χ0) is 14.5. The minimum absolute atomic E-state index is 0.00274. The van der Waals surface area contributed by atoms with E-state index in [0.29, 0.717) is 11.5 Å². The van der Waals surface area contributed by atoms with Crippen LogP contribution in [0.2, 0.25) is 0 Å². The Morgan fingerprint density at radius 3 is 1.15 bits per heavy atom. The summed E-state index contributed by atoms with van der Waals surface area (Å²) in [6.45, 7) is 0.583. The molecule has 2 rings (SSSR count). The second kappa shape index (κ2) is 10.8. The highest BCUT2D eigenvalue weighted by Gasteiger charge is 1.95. The Bertz CT molecular complexity index is 374. The van der Waals surface area contributed by atoms with E-state index in [0.717, 1.165) is 0 Å². The van der Waals surface area contributed by atoms with Gasteiger partial charge in [-0.2, -0.15) is 0 Å². The summed E-state index contributed by atoms with van der Waals surface area (Å²) in [5, 5.41) is 17.0. The topological polar surface area (TPSA) is 58.9 Å². The third-order valence-corrected chi connectivity index (χ3v) is 2.21. The molecule has 0 aliphatic heterocycles. The molecule has 108 valence electrons. The van der Waals surface area contributed by atoms with Gasteiger partial charge in [-0.05, 0) is 24.3 Å². The maximum Gasteiger partial charge on any atom is 0.119 e. The van der Waals surface area contributed by atoms with Gasteiger partial charge >= 0.3 is 0 Å².